The number of unbranched alkanes of at least 4 members (excludes halogenated alkanes) is 1. The predicted octanol–water partition coefficient (Wildman–Crippen LogP) is -1.58. The molecule has 0 saturated carbocycles. The van der Waals surface area contributed by atoms with Crippen molar-refractivity contribution in [3.05, 3.63) is 35.9 Å². The molecule has 1 aromatic carbocycles. The molecule has 0 spiro atoms. The maximum absolute atomic E-state index is 13.0. The Morgan fingerprint density at radius 1 is 0.861 bits per heavy atom. The first-order valence-corrected chi connectivity index (χ1v) is 12.2. The van der Waals surface area contributed by atoms with Crippen LogP contribution in [-0.4, -0.2) is 71.2 Å². The van der Waals surface area contributed by atoms with Gasteiger partial charge in [0.1, 0.15) is 18.1 Å². The Kier molecular flexibility index (Phi) is 14.1. The molecule has 36 heavy (non-hydrogen) atoms. The van der Waals surface area contributed by atoms with Gasteiger partial charge in [-0.3, -0.25) is 19.2 Å². The minimum atomic E-state index is -1.20. The molecule has 200 valence electrons. The van der Waals surface area contributed by atoms with Crippen molar-refractivity contribution < 1.29 is 29.1 Å². The predicted molar refractivity (Wildman–Crippen MR) is 137 cm³/mol. The van der Waals surface area contributed by atoms with Crippen LogP contribution in [0.15, 0.2) is 30.3 Å². The second kappa shape index (κ2) is 16.5. The molecule has 12 nitrogen and oxygen atoms in total. The van der Waals surface area contributed by atoms with E-state index in [0.29, 0.717) is 19.4 Å². The Labute approximate surface area is 215 Å². The summed E-state index contributed by atoms with van der Waals surface area (Å²) in [5.74, 6) is -3.98. The van der Waals surface area contributed by atoms with Gasteiger partial charge in [-0.1, -0.05) is 30.3 Å². The number of carboxylic acids is 1. The molecule has 0 bridgehead atoms. The van der Waals surface area contributed by atoms with Crippen molar-refractivity contribution in [3.8, 4) is 0 Å². The van der Waals surface area contributed by atoms with Gasteiger partial charge in [0.05, 0.1) is 6.04 Å². The molecule has 0 heterocycles. The minimum Gasteiger partial charge on any atom is -0.480 e. The number of nitrogens with two attached hydrogens (primary N) is 3. The van der Waals surface area contributed by atoms with E-state index in [4.69, 9.17) is 17.2 Å². The van der Waals surface area contributed by atoms with Gasteiger partial charge >= 0.3 is 5.97 Å². The fourth-order valence-corrected chi connectivity index (χ4v) is 3.51. The first kappa shape index (κ1) is 30.9. The number of hydrogen-bond acceptors (Lipinski definition) is 8. The van der Waals surface area contributed by atoms with E-state index in [9.17, 15) is 29.1 Å². The van der Waals surface area contributed by atoms with Crippen LogP contribution in [0, 0.1) is 0 Å². The van der Waals surface area contributed by atoms with Crippen molar-refractivity contribution in [2.45, 2.75) is 62.7 Å². The zero-order valence-corrected chi connectivity index (χ0v) is 20.9. The minimum absolute atomic E-state index is 0.00183. The maximum atomic E-state index is 13.0. The summed E-state index contributed by atoms with van der Waals surface area (Å²) in [6, 6.07) is 4.38. The fourth-order valence-electron chi connectivity index (χ4n) is 3.26. The van der Waals surface area contributed by atoms with Crippen molar-refractivity contribution >= 4 is 42.2 Å². The molecule has 0 radical (unpaired) electrons. The molecule has 0 fully saturated rings. The van der Waals surface area contributed by atoms with E-state index in [1.807, 2.05) is 0 Å². The highest BCUT2D eigenvalue weighted by molar-refractivity contribution is 7.80. The zero-order valence-electron chi connectivity index (χ0n) is 20.0. The number of primary amides is 1. The molecular formula is C23H36N6O6S. The Hall–Kier alpha value is -3.16. The number of rotatable bonds is 17. The second-order valence-corrected chi connectivity index (χ2v) is 8.66. The molecule has 0 aliphatic heterocycles. The van der Waals surface area contributed by atoms with Gasteiger partial charge < -0.3 is 38.3 Å². The quantitative estimate of drug-likeness (QED) is 0.0875. The average Bonchev–Trinajstić information content (AvgIpc) is 2.84. The van der Waals surface area contributed by atoms with Gasteiger partial charge in [0.25, 0.3) is 0 Å². The Morgan fingerprint density at radius 2 is 1.44 bits per heavy atom. The lowest BCUT2D eigenvalue weighted by Crippen LogP contribution is -2.58. The molecule has 13 heteroatoms. The van der Waals surface area contributed by atoms with Crippen molar-refractivity contribution in [3.63, 3.8) is 0 Å². The molecule has 0 aliphatic carbocycles. The zero-order chi connectivity index (χ0) is 27.1. The number of benzene rings is 1. The number of carbonyl (C=O) groups is 5. The van der Waals surface area contributed by atoms with Gasteiger partial charge in [0.2, 0.25) is 23.6 Å². The van der Waals surface area contributed by atoms with Crippen LogP contribution in [0.2, 0.25) is 0 Å². The lowest BCUT2D eigenvalue weighted by Gasteiger charge is -2.24. The summed E-state index contributed by atoms with van der Waals surface area (Å²) in [6.45, 7) is 0.399. The summed E-state index contributed by atoms with van der Waals surface area (Å²) in [5.41, 5.74) is 17.0. The summed E-state index contributed by atoms with van der Waals surface area (Å²) in [6.07, 6.45) is 1.28. The summed E-state index contributed by atoms with van der Waals surface area (Å²) in [5, 5.41) is 17.0. The number of hydrogen-bond donors (Lipinski definition) is 8. The van der Waals surface area contributed by atoms with E-state index in [1.165, 1.54) is 0 Å². The SMILES string of the molecule is NCCCCC(NC(=O)C(Cc1ccccc1)NC(=O)C(CS)NC(=O)C(N)CCC(N)=O)C(=O)O. The topological polar surface area (TPSA) is 220 Å². The molecule has 1 rings (SSSR count). The molecule has 4 unspecified atom stereocenters. The van der Waals surface area contributed by atoms with Gasteiger partial charge in [-0.15, -0.1) is 0 Å². The third kappa shape index (κ3) is 11.5. The van der Waals surface area contributed by atoms with Crippen LogP contribution in [0.1, 0.15) is 37.7 Å². The van der Waals surface area contributed by atoms with Crippen LogP contribution in [0.5, 0.6) is 0 Å². The van der Waals surface area contributed by atoms with Crippen LogP contribution in [0.25, 0.3) is 0 Å². The number of nitrogens with one attached hydrogen (secondary N) is 3. The fraction of sp³-hybridized carbons (Fsp3) is 0.522. The third-order valence-corrected chi connectivity index (χ3v) is 5.70. The van der Waals surface area contributed by atoms with Crippen molar-refractivity contribution in [2.75, 3.05) is 12.3 Å². The summed E-state index contributed by atoms with van der Waals surface area (Å²) in [7, 11) is 0. The lowest BCUT2D eigenvalue weighted by molar-refractivity contribution is -0.142. The van der Waals surface area contributed by atoms with Crippen molar-refractivity contribution in [1.29, 1.82) is 0 Å². The van der Waals surface area contributed by atoms with E-state index >= 15 is 0 Å². The van der Waals surface area contributed by atoms with E-state index in [2.05, 4.69) is 28.6 Å². The second-order valence-electron chi connectivity index (χ2n) is 8.29. The van der Waals surface area contributed by atoms with Crippen LogP contribution in [0.3, 0.4) is 0 Å². The molecule has 0 aliphatic rings. The molecule has 0 aromatic heterocycles. The van der Waals surface area contributed by atoms with E-state index in [-0.39, 0.29) is 31.4 Å². The summed E-state index contributed by atoms with van der Waals surface area (Å²) in [4.78, 5) is 60.9. The average molecular weight is 525 g/mol. The number of carboxylic acid groups (broad SMARTS) is 1. The van der Waals surface area contributed by atoms with Crippen LogP contribution < -0.4 is 33.2 Å². The van der Waals surface area contributed by atoms with Crippen LogP contribution >= 0.6 is 12.6 Å². The molecule has 4 atom stereocenters. The van der Waals surface area contributed by atoms with Crippen LogP contribution in [-0.2, 0) is 30.4 Å². The van der Waals surface area contributed by atoms with Gasteiger partial charge in [-0.25, -0.2) is 4.79 Å². The smallest absolute Gasteiger partial charge is 0.326 e. The van der Waals surface area contributed by atoms with Gasteiger partial charge in [0, 0.05) is 18.6 Å². The molecule has 0 saturated heterocycles. The molecular weight excluding hydrogens is 488 g/mol. The monoisotopic (exact) mass is 524 g/mol. The Bertz CT molecular complexity index is 887. The van der Waals surface area contributed by atoms with Gasteiger partial charge in [-0.05, 0) is 37.8 Å². The van der Waals surface area contributed by atoms with Crippen LogP contribution in [0.4, 0.5) is 0 Å². The van der Waals surface area contributed by atoms with Crippen molar-refractivity contribution in [2.24, 2.45) is 17.2 Å². The van der Waals surface area contributed by atoms with E-state index in [1.54, 1.807) is 30.3 Å². The normalized spacial score (nSPS) is 14.1. The van der Waals surface area contributed by atoms with E-state index in [0.717, 1.165) is 5.56 Å². The lowest BCUT2D eigenvalue weighted by atomic mass is 10.0. The third-order valence-electron chi connectivity index (χ3n) is 5.33. The Balaban J connectivity index is 2.95. The highest BCUT2D eigenvalue weighted by atomic mass is 32.1. The number of carbonyl (C=O) groups excluding carboxylic acids is 4. The Morgan fingerprint density at radius 3 is 2.00 bits per heavy atom. The van der Waals surface area contributed by atoms with E-state index < -0.39 is 53.8 Å². The summed E-state index contributed by atoms with van der Waals surface area (Å²) >= 11 is 4.11. The van der Waals surface area contributed by atoms with Crippen molar-refractivity contribution in [1.82, 2.24) is 16.0 Å². The molecule has 1 aromatic rings. The summed E-state index contributed by atoms with van der Waals surface area (Å²) < 4.78 is 0. The first-order valence-electron chi connectivity index (χ1n) is 11.6. The number of amides is 4. The van der Waals surface area contributed by atoms with Gasteiger partial charge in [-0.2, -0.15) is 12.6 Å². The van der Waals surface area contributed by atoms with Gasteiger partial charge in [0.15, 0.2) is 0 Å². The first-order chi connectivity index (χ1) is 17.1. The highest BCUT2D eigenvalue weighted by Gasteiger charge is 2.30. The number of aliphatic carboxylic acids is 1. The largest absolute Gasteiger partial charge is 0.480 e. The standard InChI is InChI=1S/C23H36N6O6S/c24-11-5-4-8-16(23(34)35)27-21(32)17(12-14-6-2-1-3-7-14)28-22(33)18(13-36)29-20(31)15(25)9-10-19(26)30/h1-3,6-7,15-18,36H,4-5,8-13,24-25H2,(H2,26,30)(H,27,32)(H,28,33)(H,29,31)(H,34,35). The maximum Gasteiger partial charge on any atom is 0.326 e. The highest BCUT2D eigenvalue weighted by Crippen LogP contribution is 2.07. The molecule has 10 N–H and O–H groups in total. The molecule has 4 amide bonds. The number of thiol groups is 1.